The van der Waals surface area contributed by atoms with Crippen LogP contribution < -0.4 is 11.3 Å². The van der Waals surface area contributed by atoms with Gasteiger partial charge in [0.2, 0.25) is 5.88 Å². The molecule has 28 heavy (non-hydrogen) atoms. The Hall–Kier alpha value is -3.53. The predicted octanol–water partition coefficient (Wildman–Crippen LogP) is 2.74. The van der Waals surface area contributed by atoms with E-state index in [1.807, 2.05) is 31.2 Å². The number of aromatic nitrogens is 1. The van der Waals surface area contributed by atoms with Crippen molar-refractivity contribution in [3.8, 4) is 6.07 Å². The molecule has 1 atom stereocenters. The minimum absolute atomic E-state index is 0.00477. The topological polar surface area (TPSA) is 118 Å². The number of nitrogens with two attached hydrogens (primary N) is 1. The summed E-state index contributed by atoms with van der Waals surface area (Å²) >= 11 is 0. The van der Waals surface area contributed by atoms with E-state index in [0.717, 1.165) is 17.4 Å². The lowest BCUT2D eigenvalue weighted by molar-refractivity contribution is -0.139. The first-order chi connectivity index (χ1) is 13.4. The Morgan fingerprint density at radius 3 is 2.75 bits per heavy atom. The maximum Gasteiger partial charge on any atom is 0.338 e. The normalized spacial score (nSPS) is 16.7. The van der Waals surface area contributed by atoms with Gasteiger partial charge >= 0.3 is 5.97 Å². The molecule has 0 amide bonds. The highest BCUT2D eigenvalue weighted by Crippen LogP contribution is 2.38. The van der Waals surface area contributed by atoms with Gasteiger partial charge in [0.25, 0.3) is 5.56 Å². The number of ether oxygens (including phenoxy) is 2. The van der Waals surface area contributed by atoms with Crippen LogP contribution in [0.2, 0.25) is 0 Å². The van der Waals surface area contributed by atoms with Gasteiger partial charge in [0, 0.05) is 11.1 Å². The van der Waals surface area contributed by atoms with Crippen LogP contribution in [0.1, 0.15) is 37.8 Å². The maximum atomic E-state index is 12.8. The van der Waals surface area contributed by atoms with E-state index < -0.39 is 17.4 Å². The molecule has 2 aromatic rings. The van der Waals surface area contributed by atoms with Crippen LogP contribution in [0.4, 0.5) is 0 Å². The molecule has 144 valence electrons. The standard InChI is InChI=1S/C21H21N3O4/c1-4-12-6-7-16-13(8-12)9-14(20(25)24-16)18-15(10-22)19(23)28-11(3)17(18)21(26)27-5-2/h6-9,18H,4-5,23H2,1-3H3,(H,24,25)/t18-/m1/s1. The highest BCUT2D eigenvalue weighted by Gasteiger charge is 2.37. The molecule has 1 aliphatic rings. The number of pyridine rings is 1. The number of rotatable bonds is 4. The van der Waals surface area contributed by atoms with Crippen LogP contribution >= 0.6 is 0 Å². The maximum absolute atomic E-state index is 12.8. The quantitative estimate of drug-likeness (QED) is 0.789. The zero-order valence-corrected chi connectivity index (χ0v) is 16.0. The molecule has 0 bridgehead atoms. The number of hydrogen-bond acceptors (Lipinski definition) is 6. The van der Waals surface area contributed by atoms with Crippen LogP contribution in [-0.2, 0) is 20.7 Å². The number of aromatic amines is 1. The van der Waals surface area contributed by atoms with E-state index in [1.165, 1.54) is 0 Å². The molecule has 0 spiro atoms. The smallest absolute Gasteiger partial charge is 0.338 e. The third-order valence-electron chi connectivity index (χ3n) is 4.76. The number of nitrogens with one attached hydrogen (secondary N) is 1. The van der Waals surface area contributed by atoms with Crippen LogP contribution in [-0.4, -0.2) is 17.6 Å². The summed E-state index contributed by atoms with van der Waals surface area (Å²) < 4.78 is 10.5. The second-order valence-electron chi connectivity index (χ2n) is 6.44. The third kappa shape index (κ3) is 3.25. The lowest BCUT2D eigenvalue weighted by atomic mass is 9.83. The predicted molar refractivity (Wildman–Crippen MR) is 104 cm³/mol. The first kappa shape index (κ1) is 19.2. The monoisotopic (exact) mass is 379 g/mol. The highest BCUT2D eigenvalue weighted by molar-refractivity contribution is 5.93. The number of carbonyl (C=O) groups excluding carboxylic acids is 1. The van der Waals surface area contributed by atoms with Gasteiger partial charge in [0.1, 0.15) is 17.4 Å². The van der Waals surface area contributed by atoms with E-state index in [2.05, 4.69) is 4.98 Å². The van der Waals surface area contributed by atoms with Crippen LogP contribution in [0.5, 0.6) is 0 Å². The number of fused-ring (bicyclic) bond motifs is 1. The van der Waals surface area contributed by atoms with E-state index in [-0.39, 0.29) is 35.0 Å². The number of hydrogen-bond donors (Lipinski definition) is 2. The first-order valence-corrected chi connectivity index (χ1v) is 9.02. The number of benzene rings is 1. The summed E-state index contributed by atoms with van der Waals surface area (Å²) in [4.78, 5) is 28.3. The zero-order valence-electron chi connectivity index (χ0n) is 16.0. The largest absolute Gasteiger partial charge is 0.463 e. The molecule has 0 unspecified atom stereocenters. The fourth-order valence-electron chi connectivity index (χ4n) is 3.37. The molecule has 0 saturated heterocycles. The van der Waals surface area contributed by atoms with Gasteiger partial charge < -0.3 is 20.2 Å². The van der Waals surface area contributed by atoms with Gasteiger partial charge in [-0.2, -0.15) is 5.26 Å². The van der Waals surface area contributed by atoms with Gasteiger partial charge in [-0.1, -0.05) is 13.0 Å². The van der Waals surface area contributed by atoms with E-state index >= 15 is 0 Å². The number of aryl methyl sites for hydroxylation is 1. The first-order valence-electron chi connectivity index (χ1n) is 9.02. The van der Waals surface area contributed by atoms with Gasteiger partial charge in [0.15, 0.2) is 0 Å². The van der Waals surface area contributed by atoms with Crippen molar-refractivity contribution in [1.29, 1.82) is 5.26 Å². The average Bonchev–Trinajstić information content (AvgIpc) is 2.66. The summed E-state index contributed by atoms with van der Waals surface area (Å²) in [6.07, 6.45) is 0.838. The lowest BCUT2D eigenvalue weighted by Gasteiger charge is -2.26. The van der Waals surface area contributed by atoms with Crippen molar-refractivity contribution < 1.29 is 14.3 Å². The number of allylic oxidation sites excluding steroid dienone is 2. The Morgan fingerprint density at radius 2 is 2.11 bits per heavy atom. The van der Waals surface area contributed by atoms with Crippen molar-refractivity contribution >= 4 is 16.9 Å². The Morgan fingerprint density at radius 1 is 1.36 bits per heavy atom. The summed E-state index contributed by atoms with van der Waals surface area (Å²) in [5.74, 6) is -1.52. The number of nitriles is 1. The summed E-state index contributed by atoms with van der Waals surface area (Å²) in [7, 11) is 0. The summed E-state index contributed by atoms with van der Waals surface area (Å²) in [6, 6.07) is 9.43. The molecule has 0 radical (unpaired) electrons. The molecular formula is C21H21N3O4. The van der Waals surface area contributed by atoms with Gasteiger partial charge in [-0.05, 0) is 49.4 Å². The summed E-state index contributed by atoms with van der Waals surface area (Å²) in [6.45, 7) is 5.42. The molecule has 7 nitrogen and oxygen atoms in total. The number of H-pyrrole nitrogens is 1. The van der Waals surface area contributed by atoms with E-state index in [1.54, 1.807) is 19.9 Å². The fourth-order valence-corrected chi connectivity index (χ4v) is 3.37. The van der Waals surface area contributed by atoms with Gasteiger partial charge in [-0.15, -0.1) is 0 Å². The minimum atomic E-state index is -0.962. The van der Waals surface area contributed by atoms with E-state index in [9.17, 15) is 14.9 Å². The molecule has 0 saturated carbocycles. The fraction of sp³-hybridized carbons (Fsp3) is 0.286. The van der Waals surface area contributed by atoms with Gasteiger partial charge in [-0.3, -0.25) is 4.79 Å². The van der Waals surface area contributed by atoms with Crippen LogP contribution in [0.25, 0.3) is 10.9 Å². The van der Waals surface area contributed by atoms with Crippen molar-refractivity contribution in [3.63, 3.8) is 0 Å². The number of carbonyl (C=O) groups is 1. The number of nitrogens with zero attached hydrogens (tertiary/aromatic N) is 1. The molecule has 1 aromatic heterocycles. The molecule has 7 heteroatoms. The number of esters is 1. The van der Waals surface area contributed by atoms with Crippen LogP contribution in [0, 0.1) is 11.3 Å². The molecule has 1 aliphatic heterocycles. The molecule has 3 rings (SSSR count). The van der Waals surface area contributed by atoms with Gasteiger partial charge in [-0.25, -0.2) is 4.79 Å². The average molecular weight is 379 g/mol. The Labute approximate surface area is 162 Å². The van der Waals surface area contributed by atoms with Crippen molar-refractivity contribution in [1.82, 2.24) is 4.98 Å². The highest BCUT2D eigenvalue weighted by atomic mass is 16.5. The molecular weight excluding hydrogens is 358 g/mol. The zero-order chi connectivity index (χ0) is 20.4. The van der Waals surface area contributed by atoms with Crippen molar-refractivity contribution in [2.45, 2.75) is 33.1 Å². The SMILES string of the molecule is CCOC(=O)C1=C(C)OC(N)=C(C#N)[C@H]1c1cc2cc(CC)ccc2[nH]c1=O. The molecule has 0 aliphatic carbocycles. The summed E-state index contributed by atoms with van der Waals surface area (Å²) in [5, 5.41) is 10.4. The Kier molecular flexibility index (Phi) is 5.23. The molecule has 0 fully saturated rings. The van der Waals surface area contributed by atoms with Crippen molar-refractivity contribution in [2.75, 3.05) is 6.61 Å². The van der Waals surface area contributed by atoms with Crippen LogP contribution in [0.15, 0.2) is 51.8 Å². The molecule has 1 aromatic carbocycles. The molecule has 3 N–H and O–H groups in total. The van der Waals surface area contributed by atoms with Gasteiger partial charge in [0.05, 0.1) is 18.1 Å². The minimum Gasteiger partial charge on any atom is -0.463 e. The van der Waals surface area contributed by atoms with Crippen molar-refractivity contribution in [3.05, 3.63) is 68.5 Å². The third-order valence-corrected chi connectivity index (χ3v) is 4.76. The van der Waals surface area contributed by atoms with Crippen molar-refractivity contribution in [2.24, 2.45) is 5.73 Å². The second-order valence-corrected chi connectivity index (χ2v) is 6.44. The second kappa shape index (κ2) is 7.61. The van der Waals surface area contributed by atoms with E-state index in [0.29, 0.717) is 5.52 Å². The van der Waals surface area contributed by atoms with E-state index in [4.69, 9.17) is 15.2 Å². The summed E-state index contributed by atoms with van der Waals surface area (Å²) in [5.41, 5.74) is 7.61. The Balaban J connectivity index is 2.28. The Bertz CT molecular complexity index is 1120. The van der Waals surface area contributed by atoms with Crippen LogP contribution in [0.3, 0.4) is 0 Å². The molecule has 2 heterocycles. The lowest BCUT2D eigenvalue weighted by Crippen LogP contribution is -2.29.